The fourth-order valence-electron chi connectivity index (χ4n) is 6.10. The Morgan fingerprint density at radius 2 is 1.84 bits per heavy atom. The normalized spacial score (nSPS) is 20.0. The maximum absolute atomic E-state index is 13.0. The van der Waals surface area contributed by atoms with E-state index >= 15 is 0 Å². The van der Waals surface area contributed by atoms with Gasteiger partial charge in [0.25, 0.3) is 5.91 Å². The molecule has 0 atom stereocenters. The van der Waals surface area contributed by atoms with Crippen molar-refractivity contribution in [3.8, 4) is 11.4 Å². The molecule has 190 valence electrons. The van der Waals surface area contributed by atoms with Crippen LogP contribution in [0.5, 0.6) is 0 Å². The summed E-state index contributed by atoms with van der Waals surface area (Å²) < 4.78 is 2.29. The molecule has 2 aliphatic rings. The molecule has 1 aliphatic heterocycles. The quantitative estimate of drug-likeness (QED) is 0.392. The monoisotopic (exact) mass is 493 g/mol. The summed E-state index contributed by atoms with van der Waals surface area (Å²) in [7, 11) is 2.15. The van der Waals surface area contributed by atoms with Gasteiger partial charge < -0.3 is 9.88 Å². The highest BCUT2D eigenvalue weighted by Crippen LogP contribution is 2.30. The van der Waals surface area contributed by atoms with Gasteiger partial charge in [0.1, 0.15) is 5.82 Å². The molecule has 0 bridgehead atoms. The van der Waals surface area contributed by atoms with Gasteiger partial charge in [-0.3, -0.25) is 14.7 Å². The highest BCUT2D eigenvalue weighted by molar-refractivity contribution is 6.06. The number of imidazole rings is 1. The number of carbonyl (C=O) groups excluding carboxylic acids is 1. The van der Waals surface area contributed by atoms with Crippen LogP contribution < -0.4 is 5.32 Å². The summed E-state index contributed by atoms with van der Waals surface area (Å²) in [5, 5.41) is 4.22. The molecule has 1 N–H and O–H groups in total. The summed E-state index contributed by atoms with van der Waals surface area (Å²) >= 11 is 0. The third-order valence-corrected chi connectivity index (χ3v) is 8.29. The van der Waals surface area contributed by atoms with Gasteiger partial charge in [-0.1, -0.05) is 42.5 Å². The van der Waals surface area contributed by atoms with E-state index in [9.17, 15) is 4.79 Å². The minimum Gasteiger partial charge on any atom is -0.349 e. The van der Waals surface area contributed by atoms with Crippen molar-refractivity contribution in [2.24, 2.45) is 13.0 Å². The van der Waals surface area contributed by atoms with Crippen LogP contribution in [0, 0.1) is 5.92 Å². The van der Waals surface area contributed by atoms with Gasteiger partial charge in [0, 0.05) is 55.3 Å². The molecule has 2 aromatic carbocycles. The molecule has 6 heteroatoms. The minimum atomic E-state index is 0.0252. The molecule has 6 rings (SSSR count). The van der Waals surface area contributed by atoms with Crippen molar-refractivity contribution in [1.29, 1.82) is 0 Å². The minimum absolute atomic E-state index is 0.0252. The van der Waals surface area contributed by atoms with Crippen LogP contribution in [-0.2, 0) is 20.0 Å². The van der Waals surface area contributed by atoms with Crippen molar-refractivity contribution >= 4 is 16.8 Å². The van der Waals surface area contributed by atoms with Crippen molar-refractivity contribution in [1.82, 2.24) is 24.8 Å². The molecule has 3 heterocycles. The molecule has 4 aromatic rings. The van der Waals surface area contributed by atoms with Crippen LogP contribution in [0.3, 0.4) is 0 Å². The van der Waals surface area contributed by atoms with Gasteiger partial charge in [0.15, 0.2) is 0 Å². The number of hydrogen-bond acceptors (Lipinski definition) is 4. The Balaban J connectivity index is 0.997. The zero-order chi connectivity index (χ0) is 25.2. The van der Waals surface area contributed by atoms with E-state index in [4.69, 9.17) is 4.98 Å². The number of nitrogens with zero attached hydrogens (tertiary/aromatic N) is 4. The lowest BCUT2D eigenvalue weighted by Gasteiger charge is -2.32. The average Bonchev–Trinajstić information content (AvgIpc) is 3.28. The van der Waals surface area contributed by atoms with E-state index in [0.717, 1.165) is 67.1 Å². The van der Waals surface area contributed by atoms with Gasteiger partial charge in [0.05, 0.1) is 16.9 Å². The van der Waals surface area contributed by atoms with Crippen LogP contribution >= 0.6 is 0 Å². The second-order valence-corrected chi connectivity index (χ2v) is 10.6. The predicted octanol–water partition coefficient (Wildman–Crippen LogP) is 5.37. The van der Waals surface area contributed by atoms with Gasteiger partial charge in [-0.05, 0) is 62.8 Å². The largest absolute Gasteiger partial charge is 0.349 e. The van der Waals surface area contributed by atoms with Crippen LogP contribution in [0.25, 0.3) is 22.3 Å². The third-order valence-electron chi connectivity index (χ3n) is 8.29. The van der Waals surface area contributed by atoms with Gasteiger partial charge in [-0.2, -0.15) is 0 Å². The molecule has 6 nitrogen and oxygen atoms in total. The zero-order valence-electron chi connectivity index (χ0n) is 21.6. The smallest absolute Gasteiger partial charge is 0.252 e. The number of rotatable bonds is 6. The molecule has 1 saturated carbocycles. The molecule has 0 saturated heterocycles. The molecule has 2 aromatic heterocycles. The second-order valence-electron chi connectivity index (χ2n) is 10.6. The molecule has 0 radical (unpaired) electrons. The number of carbonyl (C=O) groups is 1. The Morgan fingerprint density at radius 3 is 2.68 bits per heavy atom. The molecule has 0 spiro atoms. The first-order valence-corrected chi connectivity index (χ1v) is 13.6. The molecule has 0 unspecified atom stereocenters. The van der Waals surface area contributed by atoms with Crippen LogP contribution in [-0.4, -0.2) is 44.5 Å². The summed E-state index contributed by atoms with van der Waals surface area (Å²) in [6.07, 6.45) is 8.52. The van der Waals surface area contributed by atoms with Crippen molar-refractivity contribution in [2.45, 2.75) is 51.1 Å². The first kappa shape index (κ1) is 23.9. The van der Waals surface area contributed by atoms with Crippen molar-refractivity contribution in [3.05, 3.63) is 83.8 Å². The van der Waals surface area contributed by atoms with E-state index < -0.39 is 0 Å². The molecular formula is C31H35N5O. The molecule has 37 heavy (non-hydrogen) atoms. The lowest BCUT2D eigenvalue weighted by Crippen LogP contribution is -2.38. The molecular weight excluding hydrogens is 458 g/mol. The summed E-state index contributed by atoms with van der Waals surface area (Å²) in [5.41, 5.74) is 5.40. The van der Waals surface area contributed by atoms with Crippen LogP contribution in [0.15, 0.2) is 66.9 Å². The number of hydrogen-bond donors (Lipinski definition) is 1. The summed E-state index contributed by atoms with van der Waals surface area (Å²) in [6, 6.07) is 20.4. The lowest BCUT2D eigenvalue weighted by atomic mass is 9.84. The summed E-state index contributed by atoms with van der Waals surface area (Å²) in [5.74, 6) is 1.84. The fraction of sp³-hybridized carbons (Fsp3) is 0.387. The fourth-order valence-corrected chi connectivity index (χ4v) is 6.10. The number of fused-ring (bicyclic) bond motifs is 2. The Morgan fingerprint density at radius 1 is 1.00 bits per heavy atom. The molecule has 1 aliphatic carbocycles. The van der Waals surface area contributed by atoms with Gasteiger partial charge in [-0.15, -0.1) is 0 Å². The molecule has 1 fully saturated rings. The van der Waals surface area contributed by atoms with Crippen LogP contribution in [0.4, 0.5) is 0 Å². The Kier molecular flexibility index (Phi) is 6.75. The lowest BCUT2D eigenvalue weighted by molar-refractivity contribution is 0.0921. The van der Waals surface area contributed by atoms with Gasteiger partial charge in [0.2, 0.25) is 0 Å². The maximum Gasteiger partial charge on any atom is 0.252 e. The van der Waals surface area contributed by atoms with Crippen LogP contribution in [0.1, 0.15) is 53.8 Å². The van der Waals surface area contributed by atoms with Crippen LogP contribution in [0.2, 0.25) is 0 Å². The van der Waals surface area contributed by atoms with E-state index in [1.807, 2.05) is 30.3 Å². The second kappa shape index (κ2) is 10.5. The number of nitrogens with one attached hydrogen (secondary N) is 1. The Labute approximate surface area is 218 Å². The van der Waals surface area contributed by atoms with Gasteiger partial charge in [-0.25, -0.2) is 4.98 Å². The predicted molar refractivity (Wildman–Crippen MR) is 147 cm³/mol. The van der Waals surface area contributed by atoms with E-state index in [1.165, 1.54) is 36.2 Å². The van der Waals surface area contributed by atoms with Crippen molar-refractivity contribution < 1.29 is 4.79 Å². The van der Waals surface area contributed by atoms with Crippen molar-refractivity contribution in [2.75, 3.05) is 13.1 Å². The first-order chi connectivity index (χ1) is 18.2. The Hall–Kier alpha value is -3.51. The SMILES string of the molecule is Cn1c(-c2ccccc2)nc2c1CN(CC[C@H]1CC[C@H](NC(=O)c3cccc4ncccc34)CC1)CC2. The van der Waals surface area contributed by atoms with E-state index in [-0.39, 0.29) is 11.9 Å². The number of amides is 1. The summed E-state index contributed by atoms with van der Waals surface area (Å²) in [4.78, 5) is 25.0. The average molecular weight is 494 g/mol. The Bertz CT molecular complexity index is 1380. The molecule has 1 amide bonds. The summed E-state index contributed by atoms with van der Waals surface area (Å²) in [6.45, 7) is 3.20. The van der Waals surface area contributed by atoms with E-state index in [2.05, 4.69) is 57.1 Å². The van der Waals surface area contributed by atoms with E-state index in [1.54, 1.807) is 6.20 Å². The first-order valence-electron chi connectivity index (χ1n) is 13.6. The number of aromatic nitrogens is 3. The van der Waals surface area contributed by atoms with Crippen molar-refractivity contribution in [3.63, 3.8) is 0 Å². The highest BCUT2D eigenvalue weighted by Gasteiger charge is 2.26. The van der Waals surface area contributed by atoms with E-state index in [0.29, 0.717) is 0 Å². The van der Waals surface area contributed by atoms with Gasteiger partial charge >= 0.3 is 0 Å². The standard InChI is InChI=1S/C31H35N5O/c1-35-29-21-36(20-17-28(29)34-30(35)23-7-3-2-4-8-23)19-16-22-12-14-24(15-13-22)33-31(37)26-9-5-11-27-25(26)10-6-18-32-27/h2-11,18,22,24H,12-17,19-21H2,1H3,(H,33,37)/t22-,24-. The number of benzene rings is 2. The topological polar surface area (TPSA) is 63.1 Å². The maximum atomic E-state index is 13.0. The number of pyridine rings is 1. The highest BCUT2D eigenvalue weighted by atomic mass is 16.1. The third kappa shape index (κ3) is 5.03. The zero-order valence-corrected chi connectivity index (χ0v) is 21.6.